The highest BCUT2D eigenvalue weighted by molar-refractivity contribution is 7.91. The zero-order valence-electron chi connectivity index (χ0n) is 9.17. The van der Waals surface area contributed by atoms with E-state index in [0.717, 1.165) is 0 Å². The maximum absolute atomic E-state index is 12.0. The molecule has 1 aliphatic rings. The van der Waals surface area contributed by atoms with Gasteiger partial charge in [-0.25, -0.2) is 8.42 Å². The van der Waals surface area contributed by atoms with Gasteiger partial charge in [0.05, 0.1) is 17.1 Å². The number of para-hydroxylation sites is 1. The van der Waals surface area contributed by atoms with Gasteiger partial charge < -0.3 is 10.0 Å². The van der Waals surface area contributed by atoms with Crippen LogP contribution in [0.3, 0.4) is 0 Å². The zero-order chi connectivity index (χ0) is 12.5. The van der Waals surface area contributed by atoms with Crippen LogP contribution in [0.4, 0.5) is 0 Å². The normalized spacial score (nSPS) is 18.9. The Morgan fingerprint density at radius 2 is 1.76 bits per heavy atom. The van der Waals surface area contributed by atoms with Crippen molar-refractivity contribution in [2.75, 3.05) is 24.6 Å². The summed E-state index contributed by atoms with van der Waals surface area (Å²) in [5.41, 5.74) is 0.215. The highest BCUT2D eigenvalue weighted by Crippen LogP contribution is 2.18. The van der Waals surface area contributed by atoms with E-state index in [9.17, 15) is 18.3 Å². The van der Waals surface area contributed by atoms with Crippen molar-refractivity contribution < 1.29 is 18.3 Å². The van der Waals surface area contributed by atoms with Gasteiger partial charge in [-0.15, -0.1) is 0 Å². The molecule has 1 aromatic carbocycles. The number of carbonyl (C=O) groups is 1. The second-order valence-electron chi connectivity index (χ2n) is 3.96. The van der Waals surface area contributed by atoms with E-state index >= 15 is 0 Å². The molecule has 5 nitrogen and oxygen atoms in total. The summed E-state index contributed by atoms with van der Waals surface area (Å²) in [6, 6.07) is 6.26. The summed E-state index contributed by atoms with van der Waals surface area (Å²) in [5, 5.41) is 9.55. The summed E-state index contributed by atoms with van der Waals surface area (Å²) in [7, 11) is -3.00. The first kappa shape index (κ1) is 11.9. The lowest BCUT2D eigenvalue weighted by atomic mass is 10.1. The largest absolute Gasteiger partial charge is 0.507 e. The van der Waals surface area contributed by atoms with Crippen molar-refractivity contribution in [3.05, 3.63) is 29.8 Å². The van der Waals surface area contributed by atoms with E-state index in [-0.39, 0.29) is 41.8 Å². The number of phenolic OH excluding ortho intramolecular Hbond substituents is 1. The molecule has 0 spiro atoms. The van der Waals surface area contributed by atoms with Crippen LogP contribution in [0.2, 0.25) is 0 Å². The van der Waals surface area contributed by atoms with Gasteiger partial charge in [0.1, 0.15) is 5.75 Å². The molecule has 6 heteroatoms. The van der Waals surface area contributed by atoms with Crippen LogP contribution in [-0.4, -0.2) is 48.9 Å². The second-order valence-corrected chi connectivity index (χ2v) is 6.26. The van der Waals surface area contributed by atoms with E-state index in [4.69, 9.17) is 0 Å². The Balaban J connectivity index is 2.15. The summed E-state index contributed by atoms with van der Waals surface area (Å²) in [5.74, 6) is -0.414. The predicted octanol–water partition coefficient (Wildman–Crippen LogP) is 0.263. The minimum Gasteiger partial charge on any atom is -0.507 e. The number of carbonyl (C=O) groups excluding carboxylic acids is 1. The number of aromatic hydroxyl groups is 1. The number of hydrogen-bond donors (Lipinski definition) is 1. The lowest BCUT2D eigenvalue weighted by Gasteiger charge is -2.26. The molecule has 1 fully saturated rings. The maximum Gasteiger partial charge on any atom is 0.257 e. The molecule has 0 aliphatic carbocycles. The Hall–Kier alpha value is -1.56. The van der Waals surface area contributed by atoms with Crippen molar-refractivity contribution in [2.45, 2.75) is 0 Å². The molecule has 0 aromatic heterocycles. The summed E-state index contributed by atoms with van der Waals surface area (Å²) in [4.78, 5) is 13.5. The SMILES string of the molecule is O=C(c1ccccc1O)N1CCS(=O)(=O)CC1. The minimum atomic E-state index is -3.00. The van der Waals surface area contributed by atoms with E-state index in [1.54, 1.807) is 12.1 Å². The molecule has 0 unspecified atom stereocenters. The van der Waals surface area contributed by atoms with Crippen LogP contribution in [0.15, 0.2) is 24.3 Å². The second kappa shape index (κ2) is 4.37. The van der Waals surface area contributed by atoms with Crippen LogP contribution >= 0.6 is 0 Å². The van der Waals surface area contributed by atoms with Gasteiger partial charge in [-0.05, 0) is 12.1 Å². The van der Waals surface area contributed by atoms with Crippen molar-refractivity contribution in [1.29, 1.82) is 0 Å². The highest BCUT2D eigenvalue weighted by atomic mass is 32.2. The Morgan fingerprint density at radius 3 is 2.35 bits per heavy atom. The zero-order valence-corrected chi connectivity index (χ0v) is 9.98. The van der Waals surface area contributed by atoms with Gasteiger partial charge in [-0.3, -0.25) is 4.79 Å². The fourth-order valence-electron chi connectivity index (χ4n) is 1.74. The lowest BCUT2D eigenvalue weighted by molar-refractivity contribution is 0.0767. The lowest BCUT2D eigenvalue weighted by Crippen LogP contribution is -2.43. The van der Waals surface area contributed by atoms with Crippen LogP contribution in [0, 0.1) is 0 Å². The fourth-order valence-corrected chi connectivity index (χ4v) is 2.94. The van der Waals surface area contributed by atoms with Gasteiger partial charge in [0.15, 0.2) is 9.84 Å². The molecule has 1 saturated heterocycles. The van der Waals surface area contributed by atoms with Gasteiger partial charge in [0.25, 0.3) is 5.91 Å². The minimum absolute atomic E-state index is 0.00760. The number of rotatable bonds is 1. The fraction of sp³-hybridized carbons (Fsp3) is 0.364. The quantitative estimate of drug-likeness (QED) is 0.781. The molecular weight excluding hydrogens is 242 g/mol. The van der Waals surface area contributed by atoms with Crippen LogP contribution in [0.1, 0.15) is 10.4 Å². The number of phenols is 1. The molecule has 1 heterocycles. The summed E-state index contributed by atoms with van der Waals surface area (Å²) >= 11 is 0. The number of sulfone groups is 1. The summed E-state index contributed by atoms with van der Waals surface area (Å²) < 4.78 is 22.5. The topological polar surface area (TPSA) is 74.7 Å². The molecule has 1 aromatic rings. The van der Waals surface area contributed by atoms with Crippen LogP contribution in [-0.2, 0) is 9.84 Å². The van der Waals surface area contributed by atoms with Crippen molar-refractivity contribution in [2.24, 2.45) is 0 Å². The number of hydrogen-bond acceptors (Lipinski definition) is 4. The van der Waals surface area contributed by atoms with Crippen molar-refractivity contribution in [1.82, 2.24) is 4.90 Å². The van der Waals surface area contributed by atoms with Crippen LogP contribution < -0.4 is 0 Å². The van der Waals surface area contributed by atoms with E-state index < -0.39 is 9.84 Å². The third-order valence-electron chi connectivity index (χ3n) is 2.77. The number of benzene rings is 1. The number of amides is 1. The Morgan fingerprint density at radius 1 is 1.18 bits per heavy atom. The molecule has 17 heavy (non-hydrogen) atoms. The Labute approximate surface area is 99.6 Å². The van der Waals surface area contributed by atoms with Gasteiger partial charge in [-0.2, -0.15) is 0 Å². The van der Waals surface area contributed by atoms with Crippen LogP contribution in [0.25, 0.3) is 0 Å². The first-order valence-corrected chi connectivity index (χ1v) is 7.09. The summed E-state index contributed by atoms with van der Waals surface area (Å²) in [6.07, 6.45) is 0. The molecule has 1 aliphatic heterocycles. The van der Waals surface area contributed by atoms with E-state index in [0.29, 0.717) is 0 Å². The third-order valence-corrected chi connectivity index (χ3v) is 4.38. The Kier molecular flexibility index (Phi) is 3.06. The average Bonchev–Trinajstić information content (AvgIpc) is 2.29. The maximum atomic E-state index is 12.0. The van der Waals surface area contributed by atoms with Crippen LogP contribution in [0.5, 0.6) is 5.75 Å². The molecule has 0 bridgehead atoms. The highest BCUT2D eigenvalue weighted by Gasteiger charge is 2.26. The first-order valence-electron chi connectivity index (χ1n) is 5.27. The Bertz CT molecular complexity index is 524. The molecule has 2 rings (SSSR count). The first-order chi connectivity index (χ1) is 7.99. The van der Waals surface area contributed by atoms with Crippen molar-refractivity contribution in [3.8, 4) is 5.75 Å². The average molecular weight is 255 g/mol. The third kappa shape index (κ3) is 2.58. The van der Waals surface area contributed by atoms with Gasteiger partial charge >= 0.3 is 0 Å². The van der Waals surface area contributed by atoms with Gasteiger partial charge in [0.2, 0.25) is 0 Å². The van der Waals surface area contributed by atoms with Crippen molar-refractivity contribution in [3.63, 3.8) is 0 Å². The van der Waals surface area contributed by atoms with Gasteiger partial charge in [0, 0.05) is 13.1 Å². The molecule has 1 N–H and O–H groups in total. The molecule has 0 atom stereocenters. The molecule has 0 radical (unpaired) electrons. The smallest absolute Gasteiger partial charge is 0.257 e. The predicted molar refractivity (Wildman–Crippen MR) is 62.7 cm³/mol. The standard InChI is InChI=1S/C11H13NO4S/c13-10-4-2-1-3-9(10)11(14)12-5-7-17(15,16)8-6-12/h1-4,13H,5-8H2. The molecule has 92 valence electrons. The molecule has 0 saturated carbocycles. The van der Waals surface area contributed by atoms with E-state index in [1.165, 1.54) is 17.0 Å². The van der Waals surface area contributed by atoms with Crippen molar-refractivity contribution >= 4 is 15.7 Å². The van der Waals surface area contributed by atoms with E-state index in [1.807, 2.05) is 0 Å². The van der Waals surface area contributed by atoms with Gasteiger partial charge in [-0.1, -0.05) is 12.1 Å². The number of nitrogens with zero attached hydrogens (tertiary/aromatic N) is 1. The monoisotopic (exact) mass is 255 g/mol. The molecule has 1 amide bonds. The summed E-state index contributed by atoms with van der Waals surface area (Å²) in [6.45, 7) is 0.380. The van der Waals surface area contributed by atoms with E-state index in [2.05, 4.69) is 0 Å². The molecular formula is C11H13NO4S.